The van der Waals surface area contributed by atoms with Gasteiger partial charge < -0.3 is 9.47 Å². The monoisotopic (exact) mass is 379 g/mol. The van der Waals surface area contributed by atoms with Gasteiger partial charge in [0.15, 0.2) is 0 Å². The Kier molecular flexibility index (Phi) is 7.21. The number of ether oxygens (including phenoxy) is 2. The summed E-state index contributed by atoms with van der Waals surface area (Å²) in [4.78, 5) is 38.0. The van der Waals surface area contributed by atoms with Crippen LogP contribution in [0.2, 0.25) is 0 Å². The molecule has 0 unspecified atom stereocenters. The Morgan fingerprint density at radius 1 is 1.00 bits per heavy atom. The van der Waals surface area contributed by atoms with E-state index in [-0.39, 0.29) is 6.61 Å². The van der Waals surface area contributed by atoms with Crippen LogP contribution >= 0.6 is 0 Å². The zero-order chi connectivity index (χ0) is 20.8. The Balaban J connectivity index is 2.67. The summed E-state index contributed by atoms with van der Waals surface area (Å²) in [7, 11) is 2.85. The van der Waals surface area contributed by atoms with E-state index in [2.05, 4.69) is 5.43 Å². The molecule has 1 N–H and O–H groups in total. The lowest BCUT2D eigenvalue weighted by Gasteiger charge is -2.36. The minimum absolute atomic E-state index is 0.0975. The molecule has 27 heavy (non-hydrogen) atoms. The summed E-state index contributed by atoms with van der Waals surface area (Å²) in [6, 6.07) is 9.23. The Bertz CT molecular complexity index is 668. The van der Waals surface area contributed by atoms with Gasteiger partial charge in [0.05, 0.1) is 0 Å². The van der Waals surface area contributed by atoms with Gasteiger partial charge in [0.1, 0.15) is 17.7 Å². The van der Waals surface area contributed by atoms with Crippen molar-refractivity contribution in [2.24, 2.45) is 0 Å². The number of nitrogens with one attached hydrogen (secondary N) is 1. The van der Waals surface area contributed by atoms with E-state index in [1.165, 1.54) is 19.0 Å². The zero-order valence-corrected chi connectivity index (χ0v) is 17.0. The minimum Gasteiger partial charge on any atom is -0.445 e. The number of rotatable bonds is 4. The number of hydrogen-bond donors (Lipinski definition) is 1. The van der Waals surface area contributed by atoms with E-state index in [1.807, 2.05) is 30.3 Å². The van der Waals surface area contributed by atoms with Crippen molar-refractivity contribution in [3.05, 3.63) is 35.9 Å². The van der Waals surface area contributed by atoms with Crippen LogP contribution in [0.25, 0.3) is 0 Å². The van der Waals surface area contributed by atoms with Gasteiger partial charge in [-0.25, -0.2) is 15.0 Å². The van der Waals surface area contributed by atoms with Gasteiger partial charge >= 0.3 is 12.2 Å². The number of hydrogen-bond acceptors (Lipinski definition) is 5. The van der Waals surface area contributed by atoms with Gasteiger partial charge in [0.2, 0.25) is 0 Å². The van der Waals surface area contributed by atoms with Crippen LogP contribution in [0.5, 0.6) is 0 Å². The summed E-state index contributed by atoms with van der Waals surface area (Å²) in [6.07, 6.45) is -1.41. The molecule has 0 radical (unpaired) electrons. The Labute approximate surface area is 160 Å². The molecule has 0 heterocycles. The van der Waals surface area contributed by atoms with Crippen molar-refractivity contribution >= 4 is 18.1 Å². The largest absolute Gasteiger partial charge is 0.445 e. The smallest absolute Gasteiger partial charge is 0.426 e. The lowest BCUT2D eigenvalue weighted by atomic mass is 10.0. The molecule has 150 valence electrons. The maximum Gasteiger partial charge on any atom is 0.426 e. The van der Waals surface area contributed by atoms with Gasteiger partial charge in [-0.2, -0.15) is 0 Å². The molecule has 0 atom stereocenters. The summed E-state index contributed by atoms with van der Waals surface area (Å²) in [6.45, 7) is 8.37. The fraction of sp³-hybridized carbons (Fsp3) is 0.526. The average Bonchev–Trinajstić information content (AvgIpc) is 2.57. The van der Waals surface area contributed by atoms with Crippen LogP contribution in [0.4, 0.5) is 9.59 Å². The number of hydrazine groups is 1. The SMILES string of the molecule is CN(NC(=O)OC(C)(C)C)C(=O)C(C)(C)N(C)C(=O)OCc1ccccc1. The molecule has 3 amide bonds. The first-order valence-electron chi connectivity index (χ1n) is 8.57. The van der Waals surface area contributed by atoms with Gasteiger partial charge in [-0.15, -0.1) is 0 Å². The Morgan fingerprint density at radius 3 is 2.07 bits per heavy atom. The second kappa shape index (κ2) is 8.75. The standard InChI is InChI=1S/C19H29N3O5/c1-18(2,3)27-16(24)20-22(7)15(23)19(4,5)21(6)17(25)26-13-14-11-9-8-10-12-14/h8-12H,13H2,1-7H3,(H,20,24). The highest BCUT2D eigenvalue weighted by atomic mass is 16.6. The minimum atomic E-state index is -1.25. The van der Waals surface area contributed by atoms with Crippen molar-refractivity contribution in [1.82, 2.24) is 15.3 Å². The van der Waals surface area contributed by atoms with Crippen LogP contribution in [0.15, 0.2) is 30.3 Å². The van der Waals surface area contributed by atoms with Crippen LogP contribution in [0, 0.1) is 0 Å². The number of nitrogens with zero attached hydrogens (tertiary/aromatic N) is 2. The molecular weight excluding hydrogens is 350 g/mol. The average molecular weight is 379 g/mol. The fourth-order valence-electron chi connectivity index (χ4n) is 2.09. The molecule has 1 rings (SSSR count). The third-order valence-electron chi connectivity index (χ3n) is 3.80. The maximum absolute atomic E-state index is 12.7. The first kappa shape index (κ1) is 22.3. The van der Waals surface area contributed by atoms with E-state index in [4.69, 9.17) is 9.47 Å². The van der Waals surface area contributed by atoms with E-state index >= 15 is 0 Å². The molecule has 0 aliphatic rings. The Morgan fingerprint density at radius 2 is 1.56 bits per heavy atom. The molecule has 0 aromatic heterocycles. The lowest BCUT2D eigenvalue weighted by molar-refractivity contribution is -0.142. The molecule has 0 fully saturated rings. The van der Waals surface area contributed by atoms with Crippen LogP contribution in [-0.2, 0) is 20.9 Å². The van der Waals surface area contributed by atoms with Crippen molar-refractivity contribution < 1.29 is 23.9 Å². The van der Waals surface area contributed by atoms with Crippen LogP contribution in [0.1, 0.15) is 40.2 Å². The van der Waals surface area contributed by atoms with Crippen molar-refractivity contribution in [1.29, 1.82) is 0 Å². The first-order chi connectivity index (χ1) is 12.3. The first-order valence-corrected chi connectivity index (χ1v) is 8.57. The van der Waals surface area contributed by atoms with Crippen molar-refractivity contribution in [2.75, 3.05) is 14.1 Å². The van der Waals surface area contributed by atoms with Crippen molar-refractivity contribution in [3.63, 3.8) is 0 Å². The van der Waals surface area contributed by atoms with Crippen molar-refractivity contribution in [3.8, 4) is 0 Å². The summed E-state index contributed by atoms with van der Waals surface area (Å²) < 4.78 is 10.4. The highest BCUT2D eigenvalue weighted by molar-refractivity contribution is 5.89. The van der Waals surface area contributed by atoms with Crippen LogP contribution in [-0.4, -0.2) is 53.2 Å². The van der Waals surface area contributed by atoms with E-state index in [1.54, 1.807) is 34.6 Å². The zero-order valence-electron chi connectivity index (χ0n) is 17.0. The molecule has 1 aromatic carbocycles. The molecule has 0 saturated heterocycles. The molecule has 0 aliphatic carbocycles. The fourth-order valence-corrected chi connectivity index (χ4v) is 2.09. The second-order valence-corrected chi connectivity index (χ2v) is 7.64. The topological polar surface area (TPSA) is 88.2 Å². The lowest BCUT2D eigenvalue weighted by Crippen LogP contribution is -2.59. The molecule has 8 nitrogen and oxygen atoms in total. The molecule has 0 saturated carbocycles. The summed E-state index contributed by atoms with van der Waals surface area (Å²) in [5.41, 5.74) is 1.23. The van der Waals surface area contributed by atoms with E-state index in [0.29, 0.717) is 0 Å². The molecule has 1 aromatic rings. The van der Waals surface area contributed by atoms with Gasteiger partial charge in [-0.05, 0) is 40.2 Å². The van der Waals surface area contributed by atoms with E-state index in [9.17, 15) is 14.4 Å². The third-order valence-corrected chi connectivity index (χ3v) is 3.80. The van der Waals surface area contributed by atoms with Gasteiger partial charge in [0, 0.05) is 14.1 Å². The molecule has 0 aliphatic heterocycles. The maximum atomic E-state index is 12.7. The normalized spacial score (nSPS) is 11.4. The third kappa shape index (κ3) is 6.80. The molecule has 0 spiro atoms. The van der Waals surface area contributed by atoms with Crippen LogP contribution < -0.4 is 5.43 Å². The number of likely N-dealkylation sites (N-methyl/N-ethyl adjacent to an activating group) is 2. The summed E-state index contributed by atoms with van der Waals surface area (Å²) >= 11 is 0. The summed E-state index contributed by atoms with van der Waals surface area (Å²) in [5.74, 6) is -0.507. The Hall–Kier alpha value is -2.77. The van der Waals surface area contributed by atoms with E-state index in [0.717, 1.165) is 10.6 Å². The molecule has 0 bridgehead atoms. The molecular formula is C19H29N3O5. The van der Waals surface area contributed by atoms with Crippen molar-refractivity contribution in [2.45, 2.75) is 52.4 Å². The predicted octanol–water partition coefficient (Wildman–Crippen LogP) is 2.93. The number of benzene rings is 1. The van der Waals surface area contributed by atoms with E-state index < -0.39 is 29.2 Å². The summed E-state index contributed by atoms with van der Waals surface area (Å²) in [5, 5.41) is 0.995. The number of carbonyl (C=O) groups is 3. The number of amides is 3. The quantitative estimate of drug-likeness (QED) is 0.813. The number of carbonyl (C=O) groups excluding carboxylic acids is 3. The highest BCUT2D eigenvalue weighted by Gasteiger charge is 2.39. The highest BCUT2D eigenvalue weighted by Crippen LogP contribution is 2.17. The molecule has 8 heteroatoms. The second-order valence-electron chi connectivity index (χ2n) is 7.64. The van der Waals surface area contributed by atoms with Gasteiger partial charge in [0.25, 0.3) is 5.91 Å². The van der Waals surface area contributed by atoms with Gasteiger partial charge in [-0.1, -0.05) is 30.3 Å². The van der Waals surface area contributed by atoms with Crippen LogP contribution in [0.3, 0.4) is 0 Å². The predicted molar refractivity (Wildman–Crippen MR) is 101 cm³/mol. The van der Waals surface area contributed by atoms with Gasteiger partial charge in [-0.3, -0.25) is 14.7 Å².